The predicted molar refractivity (Wildman–Crippen MR) is 117 cm³/mol. The van der Waals surface area contributed by atoms with Gasteiger partial charge in [0, 0.05) is 48.5 Å². The molecule has 4 aromatic rings. The van der Waals surface area contributed by atoms with Crippen LogP contribution in [-0.4, -0.2) is 13.2 Å². The number of ether oxygens (including phenoxy) is 1. The minimum Gasteiger partial charge on any atom is -1.00 e. The summed E-state index contributed by atoms with van der Waals surface area (Å²) in [7, 11) is 4.06. The lowest BCUT2D eigenvalue weighted by Crippen LogP contribution is -3.00. The molecule has 0 radical (unpaired) electrons. The third-order valence-corrected chi connectivity index (χ3v) is 5.39. The normalized spacial score (nSPS) is 9.66. The quantitative estimate of drug-likeness (QED) is 0.157. The van der Waals surface area contributed by atoms with Gasteiger partial charge in [0.15, 0.2) is 62.7 Å². The van der Waals surface area contributed by atoms with Crippen molar-refractivity contribution in [2.45, 2.75) is 13.1 Å². The van der Waals surface area contributed by atoms with Crippen molar-refractivity contribution in [2.75, 3.05) is 13.2 Å². The van der Waals surface area contributed by atoms with Gasteiger partial charge in [-0.15, -0.1) is 0 Å². The van der Waals surface area contributed by atoms with Crippen LogP contribution in [0, 0.1) is 0 Å². The molecule has 4 rings (SSSR count). The second-order valence-corrected chi connectivity index (χ2v) is 7.77. The Bertz CT molecular complexity index is 1020. The Kier molecular flexibility index (Phi) is 15.3. The van der Waals surface area contributed by atoms with E-state index in [4.69, 9.17) is 4.74 Å². The molecule has 0 aliphatic heterocycles. The number of rotatable bonds is 8. The number of hydrogen-bond acceptors (Lipinski definition) is 1. The van der Waals surface area contributed by atoms with E-state index in [1.54, 1.807) is 0 Å². The van der Waals surface area contributed by atoms with Crippen LogP contribution < -0.4 is 67.9 Å². The van der Waals surface area contributed by atoms with E-state index in [0.717, 1.165) is 13.1 Å². The van der Waals surface area contributed by atoms with Gasteiger partial charge in [-0.25, -0.2) is 18.3 Å². The smallest absolute Gasteiger partial charge is 0.171 e. The molecule has 9 heteroatoms. The highest BCUT2D eigenvalue weighted by atomic mass is 35.5. The lowest BCUT2D eigenvalue weighted by Gasteiger charge is -2.03. The monoisotopic (exact) mass is 554 g/mol. The van der Waals surface area contributed by atoms with E-state index in [-0.39, 0.29) is 49.6 Å². The molecule has 0 aliphatic carbocycles. The van der Waals surface area contributed by atoms with Crippen molar-refractivity contribution < 1.29 is 72.6 Å². The summed E-state index contributed by atoms with van der Waals surface area (Å²) >= 11 is 0. The summed E-state index contributed by atoms with van der Waals surface area (Å²) in [6.45, 7) is 3.09. The van der Waals surface area contributed by atoms with E-state index in [0.29, 0.717) is 13.2 Å². The Morgan fingerprint density at radius 3 is 1.00 bits per heavy atom. The summed E-state index contributed by atoms with van der Waals surface area (Å²) in [5, 5.41) is 0. The molecule has 35 heavy (non-hydrogen) atoms. The first-order chi connectivity index (χ1) is 15.2. The maximum atomic E-state index is 5.85. The molecule has 0 unspecified atom stereocenters. The topological polar surface area (TPSA) is 24.8 Å². The Morgan fingerprint density at radius 2 is 0.714 bits per heavy atom. The standard InChI is InChI=1S/C26H30N4O.4ClH/c1-27-11-3-23(4-12-27)25-7-15-29(16-8-25)19-21-31-22-20-30-17-9-26(10-18-30)24-5-13-28(2)14-6-24;;;;/h3-18H,19-22H2,1-2H3;4*1H/q+4;;;;/p-4. The van der Waals surface area contributed by atoms with Crippen LogP contribution in [0.15, 0.2) is 98.1 Å². The summed E-state index contributed by atoms with van der Waals surface area (Å²) in [6, 6.07) is 17.1. The van der Waals surface area contributed by atoms with Crippen molar-refractivity contribution >= 4 is 0 Å². The van der Waals surface area contributed by atoms with Crippen LogP contribution in [0.3, 0.4) is 0 Å². The van der Waals surface area contributed by atoms with E-state index in [1.165, 1.54) is 22.3 Å². The Morgan fingerprint density at radius 1 is 0.457 bits per heavy atom. The maximum Gasteiger partial charge on any atom is 0.171 e. The molecule has 0 bridgehead atoms. The van der Waals surface area contributed by atoms with Gasteiger partial charge in [-0.05, 0) is 22.3 Å². The van der Waals surface area contributed by atoms with Crippen LogP contribution in [0.5, 0.6) is 0 Å². The molecule has 0 saturated carbocycles. The minimum atomic E-state index is 0. The first-order valence-corrected chi connectivity index (χ1v) is 10.6. The molecular weight excluding hydrogens is 526 g/mol. The van der Waals surface area contributed by atoms with Crippen molar-refractivity contribution in [3.8, 4) is 22.3 Å². The van der Waals surface area contributed by atoms with E-state index >= 15 is 0 Å². The van der Waals surface area contributed by atoms with E-state index < -0.39 is 0 Å². The lowest BCUT2D eigenvalue weighted by atomic mass is 10.1. The maximum absolute atomic E-state index is 5.85. The third kappa shape index (κ3) is 9.71. The van der Waals surface area contributed by atoms with Crippen LogP contribution in [0.2, 0.25) is 0 Å². The highest BCUT2D eigenvalue weighted by molar-refractivity contribution is 5.61. The van der Waals surface area contributed by atoms with Gasteiger partial charge in [0.1, 0.15) is 27.3 Å². The predicted octanol–water partition coefficient (Wildman–Crippen LogP) is -10.0. The van der Waals surface area contributed by atoms with Crippen molar-refractivity contribution in [2.24, 2.45) is 14.1 Å². The molecule has 5 nitrogen and oxygen atoms in total. The van der Waals surface area contributed by atoms with Gasteiger partial charge < -0.3 is 54.4 Å². The van der Waals surface area contributed by atoms with Gasteiger partial charge in [-0.1, -0.05) is 0 Å². The zero-order valence-electron chi connectivity index (χ0n) is 19.8. The number of aryl methyl sites for hydroxylation is 2. The number of nitrogens with zero attached hydrogens (tertiary/aromatic N) is 4. The second kappa shape index (κ2) is 16.4. The fourth-order valence-corrected chi connectivity index (χ4v) is 3.43. The van der Waals surface area contributed by atoms with Gasteiger partial charge in [-0.2, -0.15) is 0 Å². The number of hydrogen-bond donors (Lipinski definition) is 0. The van der Waals surface area contributed by atoms with E-state index in [9.17, 15) is 0 Å². The fourth-order valence-electron chi connectivity index (χ4n) is 3.43. The molecule has 4 heterocycles. The molecule has 188 valence electrons. The molecule has 0 spiro atoms. The van der Waals surface area contributed by atoms with Crippen molar-refractivity contribution in [1.29, 1.82) is 0 Å². The highest BCUT2D eigenvalue weighted by Gasteiger charge is 2.07. The zero-order valence-corrected chi connectivity index (χ0v) is 22.8. The fraction of sp³-hybridized carbons (Fsp3) is 0.231. The lowest BCUT2D eigenvalue weighted by molar-refractivity contribution is -0.705. The number of halogens is 4. The molecular formula is C26H30Cl4N4O. The number of aromatic nitrogens is 4. The average Bonchev–Trinajstić information content (AvgIpc) is 2.81. The molecule has 4 aromatic heterocycles. The summed E-state index contributed by atoms with van der Waals surface area (Å²) in [5.41, 5.74) is 4.90. The first kappa shape index (κ1) is 32.7. The average molecular weight is 556 g/mol. The third-order valence-electron chi connectivity index (χ3n) is 5.39. The molecule has 0 fully saturated rings. The Labute approximate surface area is 232 Å². The Balaban J connectivity index is 0.00000289. The van der Waals surface area contributed by atoms with Crippen molar-refractivity contribution in [1.82, 2.24) is 0 Å². The molecule has 0 aromatic carbocycles. The summed E-state index contributed by atoms with van der Waals surface area (Å²) in [6.07, 6.45) is 16.7. The minimum absolute atomic E-state index is 0. The van der Waals surface area contributed by atoms with Gasteiger partial charge in [0.25, 0.3) is 0 Å². The summed E-state index contributed by atoms with van der Waals surface area (Å²) < 4.78 is 14.3. The van der Waals surface area contributed by atoms with E-state index in [2.05, 4.69) is 107 Å². The molecule has 0 atom stereocenters. The Hall–Kier alpha value is -2.28. The van der Waals surface area contributed by atoms with Gasteiger partial charge >= 0.3 is 0 Å². The molecule has 0 N–H and O–H groups in total. The van der Waals surface area contributed by atoms with Crippen molar-refractivity contribution in [3.63, 3.8) is 0 Å². The first-order valence-electron chi connectivity index (χ1n) is 10.6. The molecule has 0 saturated heterocycles. The van der Waals surface area contributed by atoms with Gasteiger partial charge in [-0.3, -0.25) is 0 Å². The summed E-state index contributed by atoms with van der Waals surface area (Å²) in [5.74, 6) is 0. The summed E-state index contributed by atoms with van der Waals surface area (Å²) in [4.78, 5) is 0. The van der Waals surface area contributed by atoms with Gasteiger partial charge in [0.2, 0.25) is 0 Å². The van der Waals surface area contributed by atoms with Crippen LogP contribution in [0.25, 0.3) is 22.3 Å². The molecule has 0 amide bonds. The van der Waals surface area contributed by atoms with Crippen LogP contribution in [-0.2, 0) is 31.9 Å². The zero-order chi connectivity index (χ0) is 21.5. The van der Waals surface area contributed by atoms with Crippen LogP contribution in [0.4, 0.5) is 0 Å². The number of pyridine rings is 4. The van der Waals surface area contributed by atoms with Crippen molar-refractivity contribution in [3.05, 3.63) is 98.1 Å². The molecule has 0 aliphatic rings. The largest absolute Gasteiger partial charge is 1.00 e. The second-order valence-electron chi connectivity index (χ2n) is 7.77. The van der Waals surface area contributed by atoms with Crippen LogP contribution >= 0.6 is 0 Å². The van der Waals surface area contributed by atoms with Crippen LogP contribution in [0.1, 0.15) is 0 Å². The highest BCUT2D eigenvalue weighted by Crippen LogP contribution is 2.16. The van der Waals surface area contributed by atoms with E-state index in [1.807, 2.05) is 23.2 Å². The SMILES string of the molecule is C[n+]1ccc(-c2cc[n+](CCOCC[n+]3ccc(-c4cc[n+](C)cc4)cc3)cc2)cc1.[Cl-].[Cl-].[Cl-].[Cl-]. The van der Waals surface area contributed by atoms with Gasteiger partial charge in [0.05, 0.1) is 0 Å².